The lowest BCUT2D eigenvalue weighted by Crippen LogP contribution is -2.41. The molecule has 0 heterocycles. The minimum atomic E-state index is -0.663. The molecule has 1 unspecified atom stereocenters. The highest BCUT2D eigenvalue weighted by Gasteiger charge is 2.38. The molecule has 0 spiro atoms. The van der Waals surface area contributed by atoms with Crippen LogP contribution in [0.1, 0.15) is 40.5 Å². The summed E-state index contributed by atoms with van der Waals surface area (Å²) in [5.41, 5.74) is -0.619. The summed E-state index contributed by atoms with van der Waals surface area (Å²) < 4.78 is 9.95. The van der Waals surface area contributed by atoms with E-state index in [4.69, 9.17) is 9.47 Å². The number of ether oxygens (including phenoxy) is 2. The minimum absolute atomic E-state index is 0.110. The summed E-state index contributed by atoms with van der Waals surface area (Å²) in [6.45, 7) is 7.22. The third kappa shape index (κ3) is 4.89. The molecular formula is C13H21NO5. The van der Waals surface area contributed by atoms with Crippen LogP contribution in [0.4, 0.5) is 4.79 Å². The second-order valence-electron chi connectivity index (χ2n) is 5.55. The first-order valence-electron chi connectivity index (χ1n) is 6.41. The Bertz CT molecular complexity index is 372. The number of amides is 1. The zero-order valence-corrected chi connectivity index (χ0v) is 11.8. The lowest BCUT2D eigenvalue weighted by atomic mass is 10.1. The van der Waals surface area contributed by atoms with Crippen LogP contribution in [0, 0.1) is 5.92 Å². The van der Waals surface area contributed by atoms with Gasteiger partial charge in [-0.2, -0.15) is 0 Å². The van der Waals surface area contributed by atoms with E-state index in [1.165, 1.54) is 0 Å². The summed E-state index contributed by atoms with van der Waals surface area (Å²) >= 11 is 0. The van der Waals surface area contributed by atoms with Gasteiger partial charge in [-0.25, -0.2) is 4.79 Å². The smallest absolute Gasteiger partial charge is 0.408 e. The Balaban J connectivity index is 2.50. The summed E-state index contributed by atoms with van der Waals surface area (Å²) in [5.74, 6) is -1.01. The number of esters is 1. The normalized spacial score (nSPS) is 23.1. The quantitative estimate of drug-likeness (QED) is 0.785. The van der Waals surface area contributed by atoms with Gasteiger partial charge in [-0.05, 0) is 34.1 Å². The van der Waals surface area contributed by atoms with Crippen molar-refractivity contribution in [2.45, 2.75) is 52.2 Å². The summed E-state index contributed by atoms with van der Waals surface area (Å²) in [7, 11) is 0. The van der Waals surface area contributed by atoms with Gasteiger partial charge in [0.2, 0.25) is 0 Å². The Kier molecular flexibility index (Phi) is 4.91. The van der Waals surface area contributed by atoms with E-state index < -0.39 is 23.7 Å². The highest BCUT2D eigenvalue weighted by molar-refractivity contribution is 5.94. The largest absolute Gasteiger partial charge is 0.466 e. The average Bonchev–Trinajstić information content (AvgIpc) is 2.58. The molecule has 1 rings (SSSR count). The predicted octanol–water partition coefficient (Wildman–Crippen LogP) is 1.42. The number of hydrogen-bond donors (Lipinski definition) is 1. The van der Waals surface area contributed by atoms with Crippen molar-refractivity contribution in [1.82, 2.24) is 5.32 Å². The van der Waals surface area contributed by atoms with E-state index in [2.05, 4.69) is 5.32 Å². The molecule has 0 aromatic heterocycles. The van der Waals surface area contributed by atoms with Crippen LogP contribution in [0.15, 0.2) is 0 Å². The number of Topliss-reactive ketones (excluding diaryl/α,β-unsaturated/α-hetero) is 1. The minimum Gasteiger partial charge on any atom is -0.466 e. The van der Waals surface area contributed by atoms with Crippen molar-refractivity contribution in [2.75, 3.05) is 6.61 Å². The second-order valence-corrected chi connectivity index (χ2v) is 5.55. The third-order valence-corrected chi connectivity index (χ3v) is 2.67. The van der Waals surface area contributed by atoms with Crippen LogP contribution in [0.25, 0.3) is 0 Å². The van der Waals surface area contributed by atoms with Crippen LogP contribution in [0.2, 0.25) is 0 Å². The van der Waals surface area contributed by atoms with Gasteiger partial charge in [0.1, 0.15) is 5.60 Å². The first kappa shape index (κ1) is 15.5. The molecule has 0 aromatic carbocycles. The lowest BCUT2D eigenvalue weighted by Gasteiger charge is -2.21. The lowest BCUT2D eigenvalue weighted by molar-refractivity contribution is -0.148. The van der Waals surface area contributed by atoms with Gasteiger partial charge in [-0.3, -0.25) is 9.59 Å². The van der Waals surface area contributed by atoms with Crippen molar-refractivity contribution in [3.8, 4) is 0 Å². The Morgan fingerprint density at radius 1 is 1.37 bits per heavy atom. The molecule has 1 saturated carbocycles. The SMILES string of the molecule is CCOC(=O)C1CC(=O)[C@@H](NC(=O)OC(C)(C)C)C1. The number of carbonyl (C=O) groups is 3. The highest BCUT2D eigenvalue weighted by atomic mass is 16.6. The summed E-state index contributed by atoms with van der Waals surface area (Å²) in [4.78, 5) is 34.8. The Labute approximate surface area is 112 Å². The first-order valence-corrected chi connectivity index (χ1v) is 6.41. The Morgan fingerprint density at radius 2 is 2.00 bits per heavy atom. The van der Waals surface area contributed by atoms with E-state index in [9.17, 15) is 14.4 Å². The van der Waals surface area contributed by atoms with Gasteiger partial charge in [0.25, 0.3) is 0 Å². The maximum absolute atomic E-state index is 11.7. The third-order valence-electron chi connectivity index (χ3n) is 2.67. The molecule has 19 heavy (non-hydrogen) atoms. The van der Waals surface area contributed by atoms with Crippen LogP contribution >= 0.6 is 0 Å². The van der Waals surface area contributed by atoms with Gasteiger partial charge in [0.15, 0.2) is 5.78 Å². The van der Waals surface area contributed by atoms with Crippen LogP contribution in [0.3, 0.4) is 0 Å². The fourth-order valence-electron chi connectivity index (χ4n) is 1.91. The molecule has 1 aliphatic rings. The summed E-state index contributed by atoms with van der Waals surface area (Å²) in [5, 5.41) is 2.49. The van der Waals surface area contributed by atoms with Crippen molar-refractivity contribution in [2.24, 2.45) is 5.92 Å². The van der Waals surface area contributed by atoms with Gasteiger partial charge in [0, 0.05) is 6.42 Å². The summed E-state index contributed by atoms with van der Waals surface area (Å²) in [6, 6.07) is -0.663. The number of alkyl carbamates (subject to hydrolysis) is 1. The van der Waals surface area contributed by atoms with Gasteiger partial charge in [-0.1, -0.05) is 0 Å². The van der Waals surface area contributed by atoms with Crippen molar-refractivity contribution in [3.05, 3.63) is 0 Å². The molecule has 6 nitrogen and oxygen atoms in total. The molecule has 1 amide bonds. The monoisotopic (exact) mass is 271 g/mol. The molecule has 0 aromatic rings. The maximum Gasteiger partial charge on any atom is 0.408 e. The number of hydrogen-bond acceptors (Lipinski definition) is 5. The number of ketones is 1. The standard InChI is InChI=1S/C13H21NO5/c1-5-18-11(16)8-6-9(10(15)7-8)14-12(17)19-13(2,3)4/h8-9H,5-7H2,1-4H3,(H,14,17)/t8?,9-/m0/s1. The van der Waals surface area contributed by atoms with Crippen molar-refractivity contribution < 1.29 is 23.9 Å². The Hall–Kier alpha value is -1.59. The molecule has 0 saturated heterocycles. The fourth-order valence-corrected chi connectivity index (χ4v) is 1.91. The number of carbonyl (C=O) groups excluding carboxylic acids is 3. The molecule has 1 N–H and O–H groups in total. The van der Waals surface area contributed by atoms with E-state index in [1.807, 2.05) is 0 Å². The molecule has 0 bridgehead atoms. The predicted molar refractivity (Wildman–Crippen MR) is 67.5 cm³/mol. The van der Waals surface area contributed by atoms with Gasteiger partial charge >= 0.3 is 12.1 Å². The van der Waals surface area contributed by atoms with Gasteiger partial charge < -0.3 is 14.8 Å². The molecule has 2 atom stereocenters. The molecule has 0 radical (unpaired) electrons. The molecule has 0 aliphatic heterocycles. The van der Waals surface area contributed by atoms with E-state index in [0.717, 1.165) is 0 Å². The van der Waals surface area contributed by atoms with Crippen LogP contribution in [-0.4, -0.2) is 36.1 Å². The molecule has 108 valence electrons. The van der Waals surface area contributed by atoms with Crippen LogP contribution < -0.4 is 5.32 Å². The number of rotatable bonds is 3. The average molecular weight is 271 g/mol. The van der Waals surface area contributed by atoms with Gasteiger partial charge in [-0.15, -0.1) is 0 Å². The maximum atomic E-state index is 11.7. The van der Waals surface area contributed by atoms with Crippen LogP contribution in [-0.2, 0) is 19.1 Å². The second kappa shape index (κ2) is 6.04. The van der Waals surface area contributed by atoms with Gasteiger partial charge in [0.05, 0.1) is 18.6 Å². The topological polar surface area (TPSA) is 81.7 Å². The van der Waals surface area contributed by atoms with Crippen molar-refractivity contribution in [1.29, 1.82) is 0 Å². The van der Waals surface area contributed by atoms with E-state index in [1.54, 1.807) is 27.7 Å². The molecule has 1 aliphatic carbocycles. The Morgan fingerprint density at radius 3 is 2.53 bits per heavy atom. The summed E-state index contributed by atoms with van der Waals surface area (Å²) in [6.07, 6.45) is -0.258. The van der Waals surface area contributed by atoms with Crippen molar-refractivity contribution >= 4 is 17.8 Å². The highest BCUT2D eigenvalue weighted by Crippen LogP contribution is 2.24. The zero-order chi connectivity index (χ0) is 14.6. The van der Waals surface area contributed by atoms with Crippen LogP contribution in [0.5, 0.6) is 0 Å². The molecular weight excluding hydrogens is 250 g/mol. The van der Waals surface area contributed by atoms with Crippen molar-refractivity contribution in [3.63, 3.8) is 0 Å². The van der Waals surface area contributed by atoms with E-state index in [-0.39, 0.29) is 31.2 Å². The van der Waals surface area contributed by atoms with E-state index in [0.29, 0.717) is 0 Å². The number of nitrogens with one attached hydrogen (secondary N) is 1. The first-order chi connectivity index (χ1) is 8.73. The zero-order valence-electron chi connectivity index (χ0n) is 11.8. The van der Waals surface area contributed by atoms with E-state index >= 15 is 0 Å². The molecule has 6 heteroatoms. The fraction of sp³-hybridized carbons (Fsp3) is 0.769. The molecule has 1 fully saturated rings.